The standard InChI is InChI=1S/C17H17BrClN3O2/c18-15-8-14(9-20-16(15)19)21-12-6-13(7-12)22-17(23)24-10-11-4-2-1-3-5-11/h1-5,8-9,12-13,21H,6-7,10H2,(H,22,23). The van der Waals surface area contributed by atoms with Crippen molar-refractivity contribution in [3.63, 3.8) is 0 Å². The van der Waals surface area contributed by atoms with E-state index in [1.54, 1.807) is 6.20 Å². The number of pyridine rings is 1. The summed E-state index contributed by atoms with van der Waals surface area (Å²) in [6.45, 7) is 0.283. The van der Waals surface area contributed by atoms with Gasteiger partial charge in [-0.3, -0.25) is 0 Å². The van der Waals surface area contributed by atoms with Gasteiger partial charge in [-0.2, -0.15) is 0 Å². The maximum Gasteiger partial charge on any atom is 0.407 e. The Morgan fingerprint density at radius 1 is 1.29 bits per heavy atom. The van der Waals surface area contributed by atoms with E-state index in [1.807, 2.05) is 36.4 Å². The monoisotopic (exact) mass is 409 g/mol. The number of nitrogens with one attached hydrogen (secondary N) is 2. The summed E-state index contributed by atoms with van der Waals surface area (Å²) in [6.07, 6.45) is 3.02. The summed E-state index contributed by atoms with van der Waals surface area (Å²) in [4.78, 5) is 15.9. The molecular formula is C17H17BrClN3O2. The van der Waals surface area contributed by atoms with E-state index in [-0.39, 0.29) is 18.7 Å². The second-order valence-corrected chi connectivity index (χ2v) is 6.92. The highest BCUT2D eigenvalue weighted by Gasteiger charge is 2.30. The quantitative estimate of drug-likeness (QED) is 0.719. The van der Waals surface area contributed by atoms with Gasteiger partial charge in [0.15, 0.2) is 0 Å². The number of rotatable bonds is 5. The number of hydrogen-bond donors (Lipinski definition) is 2. The molecule has 0 atom stereocenters. The van der Waals surface area contributed by atoms with Gasteiger partial charge in [0, 0.05) is 12.1 Å². The number of ether oxygens (including phenoxy) is 1. The molecule has 0 bridgehead atoms. The van der Waals surface area contributed by atoms with Crippen molar-refractivity contribution in [3.05, 3.63) is 57.8 Å². The Labute approximate surface area is 153 Å². The smallest absolute Gasteiger partial charge is 0.407 e. The SMILES string of the molecule is O=C(NC1CC(Nc2cnc(Cl)c(Br)c2)C1)OCc1ccccc1. The van der Waals surface area contributed by atoms with Crippen LogP contribution in [0.25, 0.3) is 0 Å². The fourth-order valence-corrected chi connectivity index (χ4v) is 2.97. The van der Waals surface area contributed by atoms with Gasteiger partial charge in [-0.15, -0.1) is 0 Å². The molecule has 0 unspecified atom stereocenters. The number of anilines is 1. The van der Waals surface area contributed by atoms with Crippen LogP contribution in [0.15, 0.2) is 47.1 Å². The van der Waals surface area contributed by atoms with Crippen LogP contribution in [0.1, 0.15) is 18.4 Å². The van der Waals surface area contributed by atoms with Gasteiger partial charge < -0.3 is 15.4 Å². The Kier molecular flexibility index (Phi) is 5.58. The molecule has 1 fully saturated rings. The summed E-state index contributed by atoms with van der Waals surface area (Å²) < 4.78 is 5.97. The molecule has 0 saturated heterocycles. The number of aromatic nitrogens is 1. The highest BCUT2D eigenvalue weighted by Crippen LogP contribution is 2.27. The van der Waals surface area contributed by atoms with Crippen LogP contribution in [0.4, 0.5) is 10.5 Å². The minimum absolute atomic E-state index is 0.134. The molecule has 5 nitrogen and oxygen atoms in total. The first kappa shape index (κ1) is 17.0. The molecule has 2 aromatic rings. The largest absolute Gasteiger partial charge is 0.445 e. The number of hydrogen-bond acceptors (Lipinski definition) is 4. The number of alkyl carbamates (subject to hydrolysis) is 1. The van der Waals surface area contributed by atoms with Crippen LogP contribution >= 0.6 is 27.5 Å². The highest BCUT2D eigenvalue weighted by atomic mass is 79.9. The van der Waals surface area contributed by atoms with Crippen molar-refractivity contribution >= 4 is 39.3 Å². The lowest BCUT2D eigenvalue weighted by molar-refractivity contribution is 0.129. The third-order valence-corrected chi connectivity index (χ3v) is 4.97. The van der Waals surface area contributed by atoms with E-state index in [4.69, 9.17) is 16.3 Å². The van der Waals surface area contributed by atoms with Crippen molar-refractivity contribution in [2.24, 2.45) is 0 Å². The first-order valence-corrected chi connectivity index (χ1v) is 8.82. The van der Waals surface area contributed by atoms with Gasteiger partial charge in [-0.25, -0.2) is 9.78 Å². The molecule has 1 aromatic heterocycles. The van der Waals surface area contributed by atoms with Crippen molar-refractivity contribution in [2.45, 2.75) is 31.5 Å². The molecule has 1 aliphatic carbocycles. The second-order valence-electron chi connectivity index (χ2n) is 5.71. The third-order valence-electron chi connectivity index (χ3n) is 3.84. The van der Waals surface area contributed by atoms with Gasteiger partial charge in [0.2, 0.25) is 0 Å². The summed E-state index contributed by atoms with van der Waals surface area (Å²) in [6, 6.07) is 12.0. The van der Waals surface area contributed by atoms with Crippen molar-refractivity contribution < 1.29 is 9.53 Å². The van der Waals surface area contributed by atoms with Crippen molar-refractivity contribution in [3.8, 4) is 0 Å². The van der Waals surface area contributed by atoms with Crippen LogP contribution in [-0.2, 0) is 11.3 Å². The van der Waals surface area contributed by atoms with Crippen LogP contribution in [0.5, 0.6) is 0 Å². The Morgan fingerprint density at radius 3 is 2.75 bits per heavy atom. The summed E-state index contributed by atoms with van der Waals surface area (Å²) in [5.74, 6) is 0. The lowest BCUT2D eigenvalue weighted by Gasteiger charge is -2.36. The molecule has 0 aliphatic heterocycles. The van der Waals surface area contributed by atoms with Crippen molar-refractivity contribution in [2.75, 3.05) is 5.32 Å². The number of carbonyl (C=O) groups is 1. The van der Waals surface area contributed by atoms with Gasteiger partial charge in [-0.1, -0.05) is 41.9 Å². The minimum Gasteiger partial charge on any atom is -0.445 e. The molecule has 1 amide bonds. The maximum atomic E-state index is 11.8. The zero-order chi connectivity index (χ0) is 16.9. The number of carbonyl (C=O) groups excluding carboxylic acids is 1. The molecule has 1 heterocycles. The average molecular weight is 411 g/mol. The Bertz CT molecular complexity index is 708. The van der Waals surface area contributed by atoms with Gasteiger partial charge in [-0.05, 0) is 40.4 Å². The number of amides is 1. The van der Waals surface area contributed by atoms with Crippen LogP contribution in [0, 0.1) is 0 Å². The Balaban J connectivity index is 1.37. The molecule has 2 N–H and O–H groups in total. The van der Waals surface area contributed by atoms with Crippen molar-refractivity contribution in [1.29, 1.82) is 0 Å². The topological polar surface area (TPSA) is 63.2 Å². The van der Waals surface area contributed by atoms with Gasteiger partial charge in [0.1, 0.15) is 11.8 Å². The molecule has 1 aliphatic rings. The summed E-state index contributed by atoms with van der Waals surface area (Å²) >= 11 is 9.22. The van der Waals surface area contributed by atoms with Crippen LogP contribution in [-0.4, -0.2) is 23.2 Å². The first-order chi connectivity index (χ1) is 11.6. The van der Waals surface area contributed by atoms with E-state index in [2.05, 4.69) is 31.5 Å². The number of halogens is 2. The lowest BCUT2D eigenvalue weighted by Crippen LogP contribution is -2.49. The molecule has 24 heavy (non-hydrogen) atoms. The molecule has 7 heteroatoms. The molecule has 126 valence electrons. The van der Waals surface area contributed by atoms with E-state index >= 15 is 0 Å². The first-order valence-electron chi connectivity index (χ1n) is 7.65. The number of benzene rings is 1. The third kappa shape index (κ3) is 4.61. The molecule has 0 spiro atoms. The average Bonchev–Trinajstić information content (AvgIpc) is 2.55. The molecule has 1 aromatic carbocycles. The number of nitrogens with zero attached hydrogens (tertiary/aromatic N) is 1. The minimum atomic E-state index is -0.377. The maximum absolute atomic E-state index is 11.8. The Hall–Kier alpha value is -1.79. The fraction of sp³-hybridized carbons (Fsp3) is 0.294. The molecule has 3 rings (SSSR count). The summed E-state index contributed by atoms with van der Waals surface area (Å²) in [5.41, 5.74) is 1.88. The predicted molar refractivity (Wildman–Crippen MR) is 97.1 cm³/mol. The van der Waals surface area contributed by atoms with E-state index < -0.39 is 0 Å². The molecular weight excluding hydrogens is 394 g/mol. The van der Waals surface area contributed by atoms with E-state index in [1.165, 1.54) is 0 Å². The van der Waals surface area contributed by atoms with Gasteiger partial charge >= 0.3 is 6.09 Å². The van der Waals surface area contributed by atoms with Crippen LogP contribution < -0.4 is 10.6 Å². The fourth-order valence-electron chi connectivity index (χ4n) is 2.52. The lowest BCUT2D eigenvalue weighted by atomic mass is 9.87. The Morgan fingerprint density at radius 2 is 2.04 bits per heavy atom. The van der Waals surface area contributed by atoms with Crippen LogP contribution in [0.2, 0.25) is 5.15 Å². The predicted octanol–water partition coefficient (Wildman–Crippen LogP) is 4.37. The molecule has 1 saturated carbocycles. The highest BCUT2D eigenvalue weighted by molar-refractivity contribution is 9.10. The van der Waals surface area contributed by atoms with Gasteiger partial charge in [0.05, 0.1) is 16.4 Å². The second kappa shape index (κ2) is 7.85. The van der Waals surface area contributed by atoms with E-state index in [9.17, 15) is 4.79 Å². The normalized spacial score (nSPS) is 19.2. The van der Waals surface area contributed by atoms with Crippen LogP contribution in [0.3, 0.4) is 0 Å². The molecule has 0 radical (unpaired) electrons. The van der Waals surface area contributed by atoms with E-state index in [0.29, 0.717) is 11.2 Å². The zero-order valence-corrected chi connectivity index (χ0v) is 15.2. The zero-order valence-electron chi connectivity index (χ0n) is 12.8. The summed E-state index contributed by atoms with van der Waals surface area (Å²) in [5, 5.41) is 6.68. The van der Waals surface area contributed by atoms with Crippen molar-refractivity contribution in [1.82, 2.24) is 10.3 Å². The van der Waals surface area contributed by atoms with Gasteiger partial charge in [0.25, 0.3) is 0 Å². The summed E-state index contributed by atoms with van der Waals surface area (Å²) in [7, 11) is 0. The van der Waals surface area contributed by atoms with E-state index in [0.717, 1.165) is 28.6 Å².